The van der Waals surface area contributed by atoms with Gasteiger partial charge in [-0.05, 0) is 30.7 Å². The Morgan fingerprint density at radius 3 is 2.66 bits per heavy atom. The normalized spacial score (nSPS) is 19.0. The van der Waals surface area contributed by atoms with Crippen molar-refractivity contribution in [2.24, 2.45) is 5.92 Å². The highest BCUT2D eigenvalue weighted by molar-refractivity contribution is 5.96. The van der Waals surface area contributed by atoms with Gasteiger partial charge in [0.15, 0.2) is 23.0 Å². The lowest BCUT2D eigenvalue weighted by Gasteiger charge is -2.21. The molecule has 1 fully saturated rings. The number of hydrogen-bond donors (Lipinski definition) is 1. The molecule has 1 saturated heterocycles. The van der Waals surface area contributed by atoms with Gasteiger partial charge in [0.2, 0.25) is 12.7 Å². The van der Waals surface area contributed by atoms with Crippen LogP contribution in [0.5, 0.6) is 23.0 Å². The standard InChI is InChI=1S/C24H28N2O6/c1-4-10-25-23(27)18-13-26(24(28)15-8-9-19-21(11-15)32-14-31-19)12-17(18)16-6-5-7-20(29-2)22(16)30-3/h5-9,11,17-18H,4,10,12-14H2,1-3H3,(H,25,27). The molecule has 32 heavy (non-hydrogen) atoms. The maximum atomic E-state index is 13.3. The van der Waals surface area contributed by atoms with Crippen LogP contribution in [-0.4, -0.2) is 57.4 Å². The van der Waals surface area contributed by atoms with Gasteiger partial charge < -0.3 is 29.2 Å². The number of likely N-dealkylation sites (tertiary alicyclic amines) is 1. The minimum absolute atomic E-state index is 0.0669. The van der Waals surface area contributed by atoms with Crippen molar-refractivity contribution in [3.8, 4) is 23.0 Å². The molecule has 2 aromatic rings. The Morgan fingerprint density at radius 1 is 1.09 bits per heavy atom. The molecule has 2 aliphatic rings. The first-order chi connectivity index (χ1) is 15.6. The fourth-order valence-electron chi connectivity index (χ4n) is 4.35. The predicted octanol–water partition coefficient (Wildman–Crippen LogP) is 2.81. The zero-order valence-electron chi connectivity index (χ0n) is 18.6. The second-order valence-corrected chi connectivity index (χ2v) is 7.86. The molecular weight excluding hydrogens is 412 g/mol. The molecule has 0 radical (unpaired) electrons. The van der Waals surface area contributed by atoms with Crippen LogP contribution >= 0.6 is 0 Å². The summed E-state index contributed by atoms with van der Waals surface area (Å²) in [6.07, 6.45) is 0.839. The first-order valence-corrected chi connectivity index (χ1v) is 10.7. The summed E-state index contributed by atoms with van der Waals surface area (Å²) in [5.74, 6) is 1.51. The molecular formula is C24H28N2O6. The molecule has 170 valence electrons. The van der Waals surface area contributed by atoms with Crippen molar-refractivity contribution in [2.45, 2.75) is 19.3 Å². The van der Waals surface area contributed by atoms with Crippen molar-refractivity contribution < 1.29 is 28.5 Å². The van der Waals surface area contributed by atoms with E-state index in [1.54, 1.807) is 37.3 Å². The number of rotatable bonds is 7. The summed E-state index contributed by atoms with van der Waals surface area (Å²) >= 11 is 0. The van der Waals surface area contributed by atoms with Crippen molar-refractivity contribution in [1.82, 2.24) is 10.2 Å². The molecule has 8 heteroatoms. The third-order valence-electron chi connectivity index (χ3n) is 5.95. The van der Waals surface area contributed by atoms with Crippen LogP contribution in [0, 0.1) is 5.92 Å². The molecule has 2 heterocycles. The van der Waals surface area contributed by atoms with Crippen LogP contribution in [0.25, 0.3) is 0 Å². The van der Waals surface area contributed by atoms with Crippen molar-refractivity contribution in [3.05, 3.63) is 47.5 Å². The Morgan fingerprint density at radius 2 is 1.91 bits per heavy atom. The SMILES string of the molecule is CCCNC(=O)C1CN(C(=O)c2ccc3c(c2)OCO3)CC1c1cccc(OC)c1OC. The maximum Gasteiger partial charge on any atom is 0.254 e. The summed E-state index contributed by atoms with van der Waals surface area (Å²) < 4.78 is 21.8. The number of methoxy groups -OCH3 is 2. The van der Waals surface area contributed by atoms with Crippen LogP contribution in [-0.2, 0) is 4.79 Å². The fraction of sp³-hybridized carbons (Fsp3) is 0.417. The van der Waals surface area contributed by atoms with Crippen LogP contribution in [0.4, 0.5) is 0 Å². The molecule has 0 bridgehead atoms. The van der Waals surface area contributed by atoms with Crippen LogP contribution < -0.4 is 24.3 Å². The number of fused-ring (bicyclic) bond motifs is 1. The van der Waals surface area contributed by atoms with Crippen molar-refractivity contribution in [2.75, 3.05) is 40.6 Å². The van der Waals surface area contributed by atoms with E-state index >= 15 is 0 Å². The molecule has 4 rings (SSSR count). The molecule has 2 aliphatic heterocycles. The van der Waals surface area contributed by atoms with Gasteiger partial charge in [0.25, 0.3) is 5.91 Å². The first-order valence-electron chi connectivity index (χ1n) is 10.7. The predicted molar refractivity (Wildman–Crippen MR) is 118 cm³/mol. The van der Waals surface area contributed by atoms with Crippen molar-refractivity contribution in [3.63, 3.8) is 0 Å². The summed E-state index contributed by atoms with van der Waals surface area (Å²) in [5, 5.41) is 2.99. The second-order valence-electron chi connectivity index (χ2n) is 7.86. The molecule has 2 atom stereocenters. The maximum absolute atomic E-state index is 13.3. The van der Waals surface area contributed by atoms with E-state index in [0.717, 1.165) is 12.0 Å². The zero-order valence-corrected chi connectivity index (χ0v) is 18.6. The van der Waals surface area contributed by atoms with E-state index in [0.29, 0.717) is 48.2 Å². The molecule has 0 aromatic heterocycles. The third-order valence-corrected chi connectivity index (χ3v) is 5.95. The Balaban J connectivity index is 1.64. The lowest BCUT2D eigenvalue weighted by Crippen LogP contribution is -2.36. The minimum Gasteiger partial charge on any atom is -0.493 e. The number of para-hydroxylation sites is 1. The number of benzene rings is 2. The van der Waals surface area contributed by atoms with E-state index in [9.17, 15) is 9.59 Å². The van der Waals surface area contributed by atoms with Crippen LogP contribution in [0.1, 0.15) is 35.2 Å². The number of carbonyl (C=O) groups excluding carboxylic acids is 2. The Hall–Kier alpha value is -3.42. The average Bonchev–Trinajstić information content (AvgIpc) is 3.48. The number of carbonyl (C=O) groups is 2. The van der Waals surface area contributed by atoms with E-state index in [4.69, 9.17) is 18.9 Å². The van der Waals surface area contributed by atoms with Gasteiger partial charge in [0.05, 0.1) is 20.1 Å². The monoisotopic (exact) mass is 440 g/mol. The quantitative estimate of drug-likeness (QED) is 0.713. The summed E-state index contributed by atoms with van der Waals surface area (Å²) in [4.78, 5) is 28.1. The van der Waals surface area contributed by atoms with Gasteiger partial charge in [-0.15, -0.1) is 0 Å². The summed E-state index contributed by atoms with van der Waals surface area (Å²) in [6, 6.07) is 10.8. The molecule has 2 aromatic carbocycles. The first kappa shape index (κ1) is 21.8. The highest BCUT2D eigenvalue weighted by atomic mass is 16.7. The largest absolute Gasteiger partial charge is 0.493 e. The number of ether oxygens (including phenoxy) is 4. The van der Waals surface area contributed by atoms with E-state index in [-0.39, 0.29) is 24.5 Å². The Bertz CT molecular complexity index is 1010. The van der Waals surface area contributed by atoms with Crippen molar-refractivity contribution in [1.29, 1.82) is 0 Å². The van der Waals surface area contributed by atoms with Crippen molar-refractivity contribution >= 4 is 11.8 Å². The Labute approximate surface area is 187 Å². The van der Waals surface area contributed by atoms with Gasteiger partial charge in [0.1, 0.15) is 0 Å². The molecule has 2 unspecified atom stereocenters. The number of nitrogens with zero attached hydrogens (tertiary/aromatic N) is 1. The van der Waals surface area contributed by atoms with E-state index < -0.39 is 5.92 Å². The Kier molecular flexibility index (Phi) is 6.39. The summed E-state index contributed by atoms with van der Waals surface area (Å²) in [7, 11) is 3.16. The van der Waals surface area contributed by atoms with Gasteiger partial charge in [-0.2, -0.15) is 0 Å². The molecule has 1 N–H and O–H groups in total. The van der Waals surface area contributed by atoms with Crippen LogP contribution in [0.15, 0.2) is 36.4 Å². The lowest BCUT2D eigenvalue weighted by molar-refractivity contribution is -0.124. The van der Waals surface area contributed by atoms with Gasteiger partial charge in [-0.1, -0.05) is 19.1 Å². The molecule has 0 spiro atoms. The highest BCUT2D eigenvalue weighted by Gasteiger charge is 2.42. The third kappa shape index (κ3) is 4.04. The topological polar surface area (TPSA) is 86.3 Å². The second kappa shape index (κ2) is 9.38. The fourth-order valence-corrected chi connectivity index (χ4v) is 4.35. The summed E-state index contributed by atoms with van der Waals surface area (Å²) in [5.41, 5.74) is 1.35. The van der Waals surface area contributed by atoms with Gasteiger partial charge in [-0.25, -0.2) is 0 Å². The number of nitrogens with one attached hydrogen (secondary N) is 1. The lowest BCUT2D eigenvalue weighted by atomic mass is 9.87. The van der Waals surface area contributed by atoms with Crippen LogP contribution in [0.3, 0.4) is 0 Å². The molecule has 2 amide bonds. The van der Waals surface area contributed by atoms with Crippen LogP contribution in [0.2, 0.25) is 0 Å². The zero-order chi connectivity index (χ0) is 22.7. The van der Waals surface area contributed by atoms with Gasteiger partial charge in [-0.3, -0.25) is 9.59 Å². The highest BCUT2D eigenvalue weighted by Crippen LogP contribution is 2.42. The molecule has 0 aliphatic carbocycles. The van der Waals surface area contributed by atoms with E-state index in [1.165, 1.54) is 0 Å². The van der Waals surface area contributed by atoms with E-state index in [1.807, 2.05) is 25.1 Å². The average molecular weight is 440 g/mol. The van der Waals surface area contributed by atoms with Gasteiger partial charge >= 0.3 is 0 Å². The van der Waals surface area contributed by atoms with E-state index in [2.05, 4.69) is 5.32 Å². The smallest absolute Gasteiger partial charge is 0.254 e. The van der Waals surface area contributed by atoms with Gasteiger partial charge in [0, 0.05) is 36.7 Å². The summed E-state index contributed by atoms with van der Waals surface area (Å²) in [6.45, 7) is 3.45. The molecule has 8 nitrogen and oxygen atoms in total. The number of hydrogen-bond acceptors (Lipinski definition) is 6. The minimum atomic E-state index is -0.402. The number of amides is 2. The molecule has 0 saturated carbocycles.